The van der Waals surface area contributed by atoms with Crippen molar-refractivity contribution >= 4 is 24.0 Å². The van der Waals surface area contributed by atoms with Crippen LogP contribution in [0.15, 0.2) is 109 Å². The van der Waals surface area contributed by atoms with E-state index < -0.39 is 11.9 Å². The smallest absolute Gasteiger partial charge is 0.328 e. The molecule has 5 N–H and O–H groups in total. The highest BCUT2D eigenvalue weighted by atomic mass is 16.5. The number of phenols is 2. The average Bonchev–Trinajstić information content (AvgIpc) is 2.92. The Bertz CT molecular complexity index is 1410. The molecule has 0 spiro atoms. The number of hydrogen-bond donors (Lipinski definition) is 5. The molecule has 0 atom stereocenters. The van der Waals surface area contributed by atoms with E-state index in [0.29, 0.717) is 0 Å². The Hall–Kier alpha value is -5.14. The Morgan fingerprint density at radius 2 is 1.03 bits per heavy atom. The molecule has 4 aromatic rings. The van der Waals surface area contributed by atoms with Crippen LogP contribution in [0.1, 0.15) is 11.1 Å². The van der Waals surface area contributed by atoms with Gasteiger partial charge in [0.2, 0.25) is 0 Å². The van der Waals surface area contributed by atoms with Crippen molar-refractivity contribution in [3.05, 3.63) is 120 Å². The minimum absolute atomic E-state index is 0.222. The van der Waals surface area contributed by atoms with E-state index in [0.717, 1.165) is 39.5 Å². The molecule has 4 aromatic carbocycles. The summed E-state index contributed by atoms with van der Waals surface area (Å²) in [5.74, 6) is -1.10. The van der Waals surface area contributed by atoms with Gasteiger partial charge in [0.15, 0.2) is 0 Å². The van der Waals surface area contributed by atoms with Crippen molar-refractivity contribution in [2.24, 2.45) is 0 Å². The maximum Gasteiger partial charge on any atom is 0.328 e. The van der Waals surface area contributed by atoms with Crippen molar-refractivity contribution in [3.8, 4) is 33.8 Å². The lowest BCUT2D eigenvalue weighted by molar-refractivity contribution is -0.131. The van der Waals surface area contributed by atoms with Crippen LogP contribution in [-0.4, -0.2) is 32.4 Å². The normalized spacial score (nSPS) is 10.6. The lowest BCUT2D eigenvalue weighted by Gasteiger charge is -2.03. The van der Waals surface area contributed by atoms with Gasteiger partial charge in [0.05, 0.1) is 0 Å². The monoisotopic (exact) mass is 495 g/mol. The molecule has 4 rings (SSSR count). The van der Waals surface area contributed by atoms with Gasteiger partial charge >= 0.3 is 5.97 Å². The van der Waals surface area contributed by atoms with Crippen LogP contribution in [-0.2, 0) is 9.59 Å². The maximum atomic E-state index is 10.9. The van der Waals surface area contributed by atoms with Crippen LogP contribution in [0.5, 0.6) is 11.5 Å². The number of hydroxylamine groups is 1. The van der Waals surface area contributed by atoms with Gasteiger partial charge in [0.1, 0.15) is 11.5 Å². The van der Waals surface area contributed by atoms with Crippen molar-refractivity contribution in [2.45, 2.75) is 0 Å². The first-order valence-corrected chi connectivity index (χ1v) is 11.2. The summed E-state index contributed by atoms with van der Waals surface area (Å²) in [6, 6.07) is 28.9. The maximum absolute atomic E-state index is 10.9. The van der Waals surface area contributed by atoms with Gasteiger partial charge in [-0.15, -0.1) is 0 Å². The van der Waals surface area contributed by atoms with E-state index in [4.69, 9.17) is 10.3 Å². The topological polar surface area (TPSA) is 127 Å². The highest BCUT2D eigenvalue weighted by molar-refractivity contribution is 5.91. The molecule has 0 bridgehead atoms. The summed E-state index contributed by atoms with van der Waals surface area (Å²) in [7, 11) is 0. The number of amides is 1. The Kier molecular flexibility index (Phi) is 9.36. The van der Waals surface area contributed by atoms with Crippen LogP contribution in [0.4, 0.5) is 0 Å². The standard InChI is InChI=1S/C15H13NO3.C15H12O3/c17-14-7-5-12(6-8-14)13-3-1-2-11(10-13)4-9-15(18)16-19;16-14-7-5-12(6-8-14)13-3-1-2-11(10-13)4-9-15(17)18/h1-10,17,19H,(H,16,18);1-10,16H,(H,17,18)/b2*9-4+. The quantitative estimate of drug-likeness (QED) is 0.132. The number of nitrogens with one attached hydrogen (secondary N) is 1. The number of carbonyl (C=O) groups is 2. The third-order valence-electron chi connectivity index (χ3n) is 5.13. The number of carboxylic acids is 1. The molecule has 0 aliphatic heterocycles. The zero-order valence-electron chi connectivity index (χ0n) is 19.7. The molecule has 0 aromatic heterocycles. The molecule has 0 radical (unpaired) electrons. The average molecular weight is 496 g/mol. The van der Waals surface area contributed by atoms with Crippen LogP contribution < -0.4 is 5.48 Å². The lowest BCUT2D eigenvalue weighted by Crippen LogP contribution is -2.14. The summed E-state index contributed by atoms with van der Waals surface area (Å²) in [5.41, 5.74) is 7.09. The second kappa shape index (κ2) is 13.1. The molecule has 7 heteroatoms. The summed E-state index contributed by atoms with van der Waals surface area (Å²) in [5, 5.41) is 35.5. The number of phenolic OH excluding ortho intramolecular Hbond substituents is 2. The van der Waals surface area contributed by atoms with E-state index in [2.05, 4.69) is 0 Å². The summed E-state index contributed by atoms with van der Waals surface area (Å²) in [6.45, 7) is 0. The molecule has 0 heterocycles. The molecule has 0 saturated carbocycles. The molecular formula is C30H25NO6. The van der Waals surface area contributed by atoms with Gasteiger partial charge in [-0.1, -0.05) is 60.7 Å². The zero-order chi connectivity index (χ0) is 26.6. The van der Waals surface area contributed by atoms with Crippen LogP contribution in [0, 0.1) is 0 Å². The van der Waals surface area contributed by atoms with Crippen LogP contribution in [0.25, 0.3) is 34.4 Å². The largest absolute Gasteiger partial charge is 0.508 e. The molecule has 0 aliphatic carbocycles. The first kappa shape index (κ1) is 26.5. The van der Waals surface area contributed by atoms with Crippen molar-refractivity contribution in [3.63, 3.8) is 0 Å². The van der Waals surface area contributed by atoms with E-state index >= 15 is 0 Å². The number of benzene rings is 4. The van der Waals surface area contributed by atoms with Crippen LogP contribution in [0.2, 0.25) is 0 Å². The minimum atomic E-state index is -0.968. The van der Waals surface area contributed by atoms with E-state index in [1.54, 1.807) is 36.4 Å². The summed E-state index contributed by atoms with van der Waals surface area (Å²) < 4.78 is 0. The fourth-order valence-electron chi connectivity index (χ4n) is 3.33. The zero-order valence-corrected chi connectivity index (χ0v) is 19.7. The van der Waals surface area contributed by atoms with E-state index in [9.17, 15) is 19.8 Å². The number of carbonyl (C=O) groups excluding carboxylic acids is 1. The number of carboxylic acid groups (broad SMARTS) is 1. The lowest BCUT2D eigenvalue weighted by atomic mass is 10.0. The fourth-order valence-corrected chi connectivity index (χ4v) is 3.33. The van der Waals surface area contributed by atoms with Gasteiger partial charge in [-0.2, -0.15) is 0 Å². The summed E-state index contributed by atoms with van der Waals surface area (Å²) >= 11 is 0. The Labute approximate surface area is 213 Å². The molecule has 37 heavy (non-hydrogen) atoms. The molecule has 0 fully saturated rings. The van der Waals surface area contributed by atoms with E-state index in [1.165, 1.54) is 11.6 Å². The first-order chi connectivity index (χ1) is 17.8. The molecule has 0 saturated heterocycles. The fraction of sp³-hybridized carbons (Fsp3) is 0. The van der Waals surface area contributed by atoms with Gasteiger partial charge in [-0.3, -0.25) is 10.0 Å². The van der Waals surface area contributed by atoms with Crippen molar-refractivity contribution in [2.75, 3.05) is 0 Å². The third kappa shape index (κ3) is 8.54. The van der Waals surface area contributed by atoms with Gasteiger partial charge in [-0.25, -0.2) is 10.3 Å². The predicted molar refractivity (Wildman–Crippen MR) is 143 cm³/mol. The van der Waals surface area contributed by atoms with Gasteiger partial charge < -0.3 is 15.3 Å². The molecule has 186 valence electrons. The van der Waals surface area contributed by atoms with Crippen LogP contribution >= 0.6 is 0 Å². The van der Waals surface area contributed by atoms with Gasteiger partial charge in [0, 0.05) is 12.2 Å². The Morgan fingerprint density at radius 1 is 0.595 bits per heavy atom. The molecule has 1 amide bonds. The Morgan fingerprint density at radius 3 is 1.43 bits per heavy atom. The number of aromatic hydroxyl groups is 2. The SMILES string of the molecule is O=C(/C=C/c1cccc(-c2ccc(O)cc2)c1)NO.O=C(O)/C=C/c1cccc(-c2ccc(O)cc2)c1. The van der Waals surface area contributed by atoms with Crippen molar-refractivity contribution in [1.29, 1.82) is 0 Å². The van der Waals surface area contributed by atoms with Gasteiger partial charge in [-0.05, 0) is 81.9 Å². The molecule has 7 nitrogen and oxygen atoms in total. The second-order valence-electron chi connectivity index (χ2n) is 7.83. The molecule has 0 unspecified atom stereocenters. The predicted octanol–water partition coefficient (Wildman–Crippen LogP) is 5.73. The summed E-state index contributed by atoms with van der Waals surface area (Å²) in [6.07, 6.45) is 5.51. The Balaban J connectivity index is 0.000000206. The summed E-state index contributed by atoms with van der Waals surface area (Å²) in [4.78, 5) is 21.4. The van der Waals surface area contributed by atoms with Crippen LogP contribution in [0.3, 0.4) is 0 Å². The van der Waals surface area contributed by atoms with E-state index in [1.807, 2.05) is 72.8 Å². The highest BCUT2D eigenvalue weighted by Gasteiger charge is 2.00. The van der Waals surface area contributed by atoms with Crippen molar-refractivity contribution in [1.82, 2.24) is 5.48 Å². The van der Waals surface area contributed by atoms with E-state index in [-0.39, 0.29) is 11.5 Å². The van der Waals surface area contributed by atoms with Crippen molar-refractivity contribution < 1.29 is 30.1 Å². The van der Waals surface area contributed by atoms with Gasteiger partial charge in [0.25, 0.3) is 5.91 Å². The minimum Gasteiger partial charge on any atom is -0.508 e. The number of aliphatic carboxylic acids is 1. The highest BCUT2D eigenvalue weighted by Crippen LogP contribution is 2.24. The first-order valence-electron chi connectivity index (χ1n) is 11.2. The number of hydrogen-bond acceptors (Lipinski definition) is 5. The number of rotatable bonds is 6. The second-order valence-corrected chi connectivity index (χ2v) is 7.83. The molecular weight excluding hydrogens is 470 g/mol. The molecule has 0 aliphatic rings. The third-order valence-corrected chi connectivity index (χ3v) is 5.13.